The molecule has 0 aliphatic rings. The molecule has 0 unspecified atom stereocenters. The maximum atomic E-state index is 5.52. The number of allylic oxidation sites excluding steroid dienone is 6. The number of hydrogen-bond acceptors (Lipinski definition) is 1. The molecule has 0 saturated heterocycles. The summed E-state index contributed by atoms with van der Waals surface area (Å²) >= 11 is 0. The second-order valence-corrected chi connectivity index (χ2v) is 1.79. The van der Waals surface area contributed by atoms with Crippen molar-refractivity contribution in [3.8, 4) is 0 Å². The fourth-order valence-electron chi connectivity index (χ4n) is 0.442. The van der Waals surface area contributed by atoms with Crippen LogP contribution < -0.4 is 5.73 Å². The van der Waals surface area contributed by atoms with Crippen LogP contribution in [0, 0.1) is 0 Å². The zero-order valence-electron chi connectivity index (χ0n) is 6.25. The predicted octanol–water partition coefficient (Wildman–Crippen LogP) is 2.15. The topological polar surface area (TPSA) is 26.0 Å². The first kappa shape index (κ1) is 8.76. The zero-order chi connectivity index (χ0) is 7.82. The Hall–Kier alpha value is -1.24. The van der Waals surface area contributed by atoms with E-state index in [4.69, 9.17) is 5.73 Å². The normalized spacial score (nSPS) is 13.1. The van der Waals surface area contributed by atoms with Crippen molar-refractivity contribution in [1.29, 1.82) is 0 Å². The number of nitrogens with two attached hydrogens (primary N) is 1. The molecule has 0 atom stereocenters. The van der Waals surface area contributed by atoms with Gasteiger partial charge in [0.05, 0.1) is 0 Å². The molecule has 54 valence electrons. The van der Waals surface area contributed by atoms with Gasteiger partial charge in [-0.3, -0.25) is 0 Å². The molecule has 1 nitrogen and oxygen atoms in total. The Kier molecular flexibility index (Phi) is 5.16. The molecule has 1 heteroatoms. The lowest BCUT2D eigenvalue weighted by atomic mass is 10.3. The first-order chi connectivity index (χ1) is 4.81. The van der Waals surface area contributed by atoms with Crippen LogP contribution in [-0.4, -0.2) is 0 Å². The Morgan fingerprint density at radius 3 is 2.60 bits per heavy atom. The van der Waals surface area contributed by atoms with Gasteiger partial charge in [0.1, 0.15) is 0 Å². The summed E-state index contributed by atoms with van der Waals surface area (Å²) in [7, 11) is 0. The van der Waals surface area contributed by atoms with Crippen molar-refractivity contribution in [1.82, 2.24) is 0 Å². The van der Waals surface area contributed by atoms with Gasteiger partial charge in [0.25, 0.3) is 0 Å². The lowest BCUT2D eigenvalue weighted by Gasteiger charge is -1.85. The fourth-order valence-corrected chi connectivity index (χ4v) is 0.442. The van der Waals surface area contributed by atoms with Crippen molar-refractivity contribution in [2.24, 2.45) is 5.73 Å². The summed E-state index contributed by atoms with van der Waals surface area (Å²) in [6.45, 7) is 5.47. The van der Waals surface area contributed by atoms with Crippen LogP contribution in [-0.2, 0) is 0 Å². The highest BCUT2D eigenvalue weighted by atomic mass is 14.5. The van der Waals surface area contributed by atoms with Gasteiger partial charge in [-0.15, -0.1) is 0 Å². The average Bonchev–Trinajstić information content (AvgIpc) is 1.97. The monoisotopic (exact) mass is 135 g/mol. The van der Waals surface area contributed by atoms with Gasteiger partial charge in [0.15, 0.2) is 0 Å². The quantitative estimate of drug-likeness (QED) is 0.589. The molecule has 0 saturated carbocycles. The molecule has 0 aromatic rings. The molecule has 0 spiro atoms. The van der Waals surface area contributed by atoms with Crippen LogP contribution in [0.1, 0.15) is 6.92 Å². The van der Waals surface area contributed by atoms with Crippen LogP contribution in [0.15, 0.2) is 48.7 Å². The van der Waals surface area contributed by atoms with Gasteiger partial charge in [-0.25, -0.2) is 0 Å². The summed E-state index contributed by atoms with van der Waals surface area (Å²) < 4.78 is 0. The Labute approximate surface area is 62.2 Å². The van der Waals surface area contributed by atoms with Crippen LogP contribution in [0.3, 0.4) is 0 Å². The van der Waals surface area contributed by atoms with Crippen LogP contribution in [0.25, 0.3) is 0 Å². The maximum absolute atomic E-state index is 5.52. The predicted molar refractivity (Wildman–Crippen MR) is 46.4 cm³/mol. The number of rotatable bonds is 3. The minimum Gasteiger partial charge on any atom is -0.399 e. The third kappa shape index (κ3) is 4.91. The number of hydrogen-bond donors (Lipinski definition) is 1. The van der Waals surface area contributed by atoms with Crippen molar-refractivity contribution in [2.75, 3.05) is 0 Å². The summed E-state index contributed by atoms with van der Waals surface area (Å²) in [5, 5.41) is 0. The van der Waals surface area contributed by atoms with Crippen LogP contribution in [0.4, 0.5) is 0 Å². The Balaban J connectivity index is 3.93. The van der Waals surface area contributed by atoms with E-state index >= 15 is 0 Å². The first-order valence-electron chi connectivity index (χ1n) is 3.18. The molecule has 2 N–H and O–H groups in total. The third-order valence-electron chi connectivity index (χ3n) is 0.906. The highest BCUT2D eigenvalue weighted by Gasteiger charge is 1.73. The minimum absolute atomic E-state index is 0.734. The van der Waals surface area contributed by atoms with Crippen LogP contribution in [0.2, 0.25) is 0 Å². The molecule has 0 rings (SSSR count). The fraction of sp³-hybridized carbons (Fsp3) is 0.111. The van der Waals surface area contributed by atoms with Gasteiger partial charge in [-0.05, 0) is 19.1 Å². The van der Waals surface area contributed by atoms with E-state index < -0.39 is 0 Å². The van der Waals surface area contributed by atoms with E-state index in [0.717, 1.165) is 5.70 Å². The molecular formula is C9H13N. The molecule has 0 aliphatic heterocycles. The molecule has 0 bridgehead atoms. The summed E-state index contributed by atoms with van der Waals surface area (Å²) in [5.74, 6) is 0. The van der Waals surface area contributed by atoms with Gasteiger partial charge in [-0.2, -0.15) is 0 Å². The van der Waals surface area contributed by atoms with E-state index in [1.807, 2.05) is 25.2 Å². The Bertz CT molecular complexity index is 173. The van der Waals surface area contributed by atoms with Gasteiger partial charge in [-0.1, -0.05) is 30.9 Å². The maximum Gasteiger partial charge on any atom is 0.0313 e. The second-order valence-electron chi connectivity index (χ2n) is 1.79. The van der Waals surface area contributed by atoms with Crippen molar-refractivity contribution in [3.63, 3.8) is 0 Å². The lowest BCUT2D eigenvalue weighted by molar-refractivity contribution is 1.42. The van der Waals surface area contributed by atoms with E-state index in [2.05, 4.69) is 6.58 Å². The molecule has 0 aromatic heterocycles. The van der Waals surface area contributed by atoms with E-state index in [0.29, 0.717) is 0 Å². The van der Waals surface area contributed by atoms with Gasteiger partial charge in [0.2, 0.25) is 0 Å². The summed E-state index contributed by atoms with van der Waals surface area (Å²) in [5.41, 5.74) is 6.26. The average molecular weight is 135 g/mol. The molecule has 10 heavy (non-hydrogen) atoms. The molecular weight excluding hydrogens is 122 g/mol. The zero-order valence-corrected chi connectivity index (χ0v) is 6.25. The van der Waals surface area contributed by atoms with E-state index in [9.17, 15) is 0 Å². The van der Waals surface area contributed by atoms with Crippen molar-refractivity contribution in [3.05, 3.63) is 48.7 Å². The Morgan fingerprint density at radius 2 is 2.10 bits per heavy atom. The highest BCUT2D eigenvalue weighted by Crippen LogP contribution is 1.87. The highest BCUT2D eigenvalue weighted by molar-refractivity contribution is 5.22. The minimum atomic E-state index is 0.734. The molecule has 0 heterocycles. The molecule has 0 fully saturated rings. The Morgan fingerprint density at radius 1 is 1.40 bits per heavy atom. The van der Waals surface area contributed by atoms with Crippen molar-refractivity contribution in [2.45, 2.75) is 6.92 Å². The summed E-state index contributed by atoms with van der Waals surface area (Å²) in [6.07, 6.45) is 10.9. The van der Waals surface area contributed by atoms with E-state index in [-0.39, 0.29) is 0 Å². The third-order valence-corrected chi connectivity index (χ3v) is 0.906. The van der Waals surface area contributed by atoms with Gasteiger partial charge >= 0.3 is 0 Å². The summed E-state index contributed by atoms with van der Waals surface area (Å²) in [6, 6.07) is 0. The van der Waals surface area contributed by atoms with Crippen molar-refractivity contribution < 1.29 is 0 Å². The molecule has 0 aliphatic carbocycles. The van der Waals surface area contributed by atoms with Gasteiger partial charge in [0, 0.05) is 5.70 Å². The van der Waals surface area contributed by atoms with Gasteiger partial charge < -0.3 is 5.73 Å². The van der Waals surface area contributed by atoms with Crippen molar-refractivity contribution >= 4 is 0 Å². The SMILES string of the molecule is C=C\C=C/C(N)=C\C=C/C. The van der Waals surface area contributed by atoms with Crippen LogP contribution >= 0.6 is 0 Å². The largest absolute Gasteiger partial charge is 0.399 e. The lowest BCUT2D eigenvalue weighted by Crippen LogP contribution is -1.90. The van der Waals surface area contributed by atoms with E-state index in [1.54, 1.807) is 18.2 Å². The first-order valence-corrected chi connectivity index (χ1v) is 3.18. The molecule has 0 amide bonds. The molecule has 0 radical (unpaired) electrons. The standard InChI is InChI=1S/C9H13N/c1-3-5-7-9(10)8-6-4-2/h3-8H,1,10H2,2H3/b6-4-,7-5-,9-8+. The summed E-state index contributed by atoms with van der Waals surface area (Å²) in [4.78, 5) is 0. The smallest absolute Gasteiger partial charge is 0.0313 e. The second kappa shape index (κ2) is 5.89. The van der Waals surface area contributed by atoms with Crippen LogP contribution in [0.5, 0.6) is 0 Å². The molecule has 0 aromatic carbocycles. The van der Waals surface area contributed by atoms with E-state index in [1.165, 1.54) is 0 Å².